The Morgan fingerprint density at radius 3 is 2.56 bits per heavy atom. The van der Waals surface area contributed by atoms with Crippen molar-refractivity contribution in [2.75, 3.05) is 6.54 Å². The summed E-state index contributed by atoms with van der Waals surface area (Å²) in [6.45, 7) is 7.37. The summed E-state index contributed by atoms with van der Waals surface area (Å²) in [7, 11) is 0. The molecule has 0 aromatic carbocycles. The number of nitrogens with one attached hydrogen (secondary N) is 1. The van der Waals surface area contributed by atoms with Gasteiger partial charge in [0.25, 0.3) is 5.91 Å². The third kappa shape index (κ3) is 3.61. The number of aryl methyl sites for hydroxylation is 2. The predicted molar refractivity (Wildman–Crippen MR) is 68.3 cm³/mol. The molecule has 0 spiro atoms. The van der Waals surface area contributed by atoms with Crippen molar-refractivity contribution < 1.29 is 9.59 Å². The van der Waals surface area contributed by atoms with E-state index >= 15 is 0 Å². The minimum atomic E-state index is -0.265. The van der Waals surface area contributed by atoms with E-state index in [1.807, 2.05) is 20.8 Å². The van der Waals surface area contributed by atoms with Crippen molar-refractivity contribution in [3.63, 3.8) is 0 Å². The van der Waals surface area contributed by atoms with Gasteiger partial charge in [-0.3, -0.25) is 9.59 Å². The molecule has 0 unspecified atom stereocenters. The molecule has 0 aliphatic heterocycles. The molecule has 1 aromatic rings. The Morgan fingerprint density at radius 1 is 1.33 bits per heavy atom. The summed E-state index contributed by atoms with van der Waals surface area (Å²) in [6.07, 6.45) is 0.633. The molecule has 5 heteroatoms. The zero-order valence-corrected chi connectivity index (χ0v) is 11.3. The number of hydrogen-bond acceptors (Lipinski definition) is 4. The molecule has 0 aliphatic rings. The largest absolute Gasteiger partial charge is 0.345 e. The number of rotatable bonds is 5. The van der Waals surface area contributed by atoms with Gasteiger partial charge in [0.05, 0.1) is 23.5 Å². The van der Waals surface area contributed by atoms with Gasteiger partial charge in [0.15, 0.2) is 5.78 Å². The van der Waals surface area contributed by atoms with Gasteiger partial charge in [-0.2, -0.15) is 10.2 Å². The molecular weight excluding hydrogens is 230 g/mol. The van der Waals surface area contributed by atoms with Crippen molar-refractivity contribution in [3.05, 3.63) is 23.0 Å². The van der Waals surface area contributed by atoms with Crippen LogP contribution in [-0.4, -0.2) is 28.4 Å². The second kappa shape index (κ2) is 6.23. The summed E-state index contributed by atoms with van der Waals surface area (Å²) in [6, 6.07) is 1.70. The predicted octanol–water partition coefficient (Wildman–Crippen LogP) is 1.30. The number of amides is 1. The van der Waals surface area contributed by atoms with Crippen LogP contribution in [0.4, 0.5) is 0 Å². The van der Waals surface area contributed by atoms with E-state index in [2.05, 4.69) is 15.5 Å². The topological polar surface area (TPSA) is 72.0 Å². The molecule has 1 amide bonds. The van der Waals surface area contributed by atoms with Gasteiger partial charge in [0.2, 0.25) is 0 Å². The van der Waals surface area contributed by atoms with Crippen molar-refractivity contribution in [2.24, 2.45) is 5.92 Å². The fourth-order valence-corrected chi connectivity index (χ4v) is 1.44. The average Bonchev–Trinajstić information content (AvgIpc) is 2.35. The highest BCUT2D eigenvalue weighted by molar-refractivity contribution is 5.97. The number of nitrogens with zero attached hydrogens (tertiary/aromatic N) is 2. The van der Waals surface area contributed by atoms with Crippen LogP contribution >= 0.6 is 0 Å². The molecule has 1 heterocycles. The van der Waals surface area contributed by atoms with E-state index in [1.165, 1.54) is 0 Å². The minimum Gasteiger partial charge on any atom is -0.345 e. The van der Waals surface area contributed by atoms with Gasteiger partial charge in [0.1, 0.15) is 0 Å². The monoisotopic (exact) mass is 249 g/mol. The second-order valence-corrected chi connectivity index (χ2v) is 4.50. The highest BCUT2D eigenvalue weighted by Gasteiger charge is 2.14. The molecule has 0 radical (unpaired) electrons. The van der Waals surface area contributed by atoms with Crippen LogP contribution in [-0.2, 0) is 11.2 Å². The average molecular weight is 249 g/mol. The van der Waals surface area contributed by atoms with Crippen LogP contribution in [0.5, 0.6) is 0 Å². The summed E-state index contributed by atoms with van der Waals surface area (Å²) in [4.78, 5) is 23.4. The Hall–Kier alpha value is -1.78. The molecular formula is C13H19N3O2. The first-order valence-corrected chi connectivity index (χ1v) is 6.09. The summed E-state index contributed by atoms with van der Waals surface area (Å²) < 4.78 is 0. The lowest BCUT2D eigenvalue weighted by Crippen LogP contribution is -2.32. The third-order valence-electron chi connectivity index (χ3n) is 2.64. The van der Waals surface area contributed by atoms with Gasteiger partial charge in [-0.15, -0.1) is 0 Å². The van der Waals surface area contributed by atoms with Crippen LogP contribution < -0.4 is 5.32 Å². The number of hydrogen-bond donors (Lipinski definition) is 1. The maximum Gasteiger partial charge on any atom is 0.253 e. The van der Waals surface area contributed by atoms with Gasteiger partial charge in [-0.05, 0) is 19.4 Å². The van der Waals surface area contributed by atoms with E-state index in [0.29, 0.717) is 23.4 Å². The highest BCUT2D eigenvalue weighted by atomic mass is 16.2. The standard InChI is InChI=1S/C13H19N3O2/c1-5-11-10(6-9(4)15-16-11)13(18)14-7-12(17)8(2)3/h6,8H,5,7H2,1-4H3,(H,14,18). The van der Waals surface area contributed by atoms with Gasteiger partial charge in [0, 0.05) is 5.92 Å². The molecule has 5 nitrogen and oxygen atoms in total. The number of aromatic nitrogens is 2. The Bertz CT molecular complexity index is 456. The molecule has 1 N–H and O–H groups in total. The lowest BCUT2D eigenvalue weighted by Gasteiger charge is -2.09. The van der Waals surface area contributed by atoms with E-state index in [4.69, 9.17) is 0 Å². The van der Waals surface area contributed by atoms with Crippen molar-refractivity contribution in [2.45, 2.75) is 34.1 Å². The van der Waals surface area contributed by atoms with Gasteiger partial charge < -0.3 is 5.32 Å². The maximum absolute atomic E-state index is 12.0. The Kier molecular flexibility index (Phi) is 4.95. The second-order valence-electron chi connectivity index (χ2n) is 4.50. The molecule has 18 heavy (non-hydrogen) atoms. The lowest BCUT2D eigenvalue weighted by atomic mass is 10.1. The molecule has 0 fully saturated rings. The zero-order chi connectivity index (χ0) is 13.7. The van der Waals surface area contributed by atoms with Crippen LogP contribution in [0.15, 0.2) is 6.07 Å². The third-order valence-corrected chi connectivity index (χ3v) is 2.64. The molecule has 0 saturated carbocycles. The Labute approximate surface area is 107 Å². The minimum absolute atomic E-state index is 0.0140. The number of carbonyl (C=O) groups excluding carboxylic acids is 2. The van der Waals surface area contributed by atoms with Crippen molar-refractivity contribution in [3.8, 4) is 0 Å². The zero-order valence-electron chi connectivity index (χ0n) is 11.3. The summed E-state index contributed by atoms with van der Waals surface area (Å²) in [5, 5.41) is 10.5. The van der Waals surface area contributed by atoms with E-state index in [9.17, 15) is 9.59 Å². The van der Waals surface area contributed by atoms with E-state index in [-0.39, 0.29) is 24.2 Å². The fourth-order valence-electron chi connectivity index (χ4n) is 1.44. The van der Waals surface area contributed by atoms with Crippen molar-refractivity contribution in [1.82, 2.24) is 15.5 Å². The van der Waals surface area contributed by atoms with E-state index in [1.54, 1.807) is 13.0 Å². The highest BCUT2D eigenvalue weighted by Crippen LogP contribution is 2.07. The SMILES string of the molecule is CCc1nnc(C)cc1C(=O)NCC(=O)C(C)C. The number of Topliss-reactive ketones (excluding diaryl/α,β-unsaturated/α-hetero) is 1. The molecule has 1 rings (SSSR count). The summed E-state index contributed by atoms with van der Waals surface area (Å²) in [5.74, 6) is -0.327. The molecule has 0 atom stereocenters. The van der Waals surface area contributed by atoms with E-state index < -0.39 is 0 Å². The van der Waals surface area contributed by atoms with Crippen LogP contribution in [0.2, 0.25) is 0 Å². The van der Waals surface area contributed by atoms with Crippen molar-refractivity contribution >= 4 is 11.7 Å². The van der Waals surface area contributed by atoms with Crippen LogP contribution in [0, 0.1) is 12.8 Å². The Morgan fingerprint density at radius 2 is 2.00 bits per heavy atom. The maximum atomic E-state index is 12.0. The first-order chi connectivity index (χ1) is 8.45. The fraction of sp³-hybridized carbons (Fsp3) is 0.538. The quantitative estimate of drug-likeness (QED) is 0.853. The summed E-state index contributed by atoms with van der Waals surface area (Å²) >= 11 is 0. The van der Waals surface area contributed by atoms with Gasteiger partial charge in [-0.1, -0.05) is 20.8 Å². The summed E-state index contributed by atoms with van der Waals surface area (Å²) in [5.41, 5.74) is 1.84. The lowest BCUT2D eigenvalue weighted by molar-refractivity contribution is -0.120. The van der Waals surface area contributed by atoms with Gasteiger partial charge >= 0.3 is 0 Å². The first-order valence-electron chi connectivity index (χ1n) is 6.09. The molecule has 0 bridgehead atoms. The smallest absolute Gasteiger partial charge is 0.253 e. The van der Waals surface area contributed by atoms with Crippen LogP contribution in [0.3, 0.4) is 0 Å². The normalized spacial score (nSPS) is 10.5. The van der Waals surface area contributed by atoms with Gasteiger partial charge in [-0.25, -0.2) is 0 Å². The molecule has 0 aliphatic carbocycles. The van der Waals surface area contributed by atoms with Crippen LogP contribution in [0.1, 0.15) is 42.5 Å². The first kappa shape index (κ1) is 14.3. The van der Waals surface area contributed by atoms with Crippen molar-refractivity contribution in [1.29, 1.82) is 0 Å². The Balaban J connectivity index is 2.78. The van der Waals surface area contributed by atoms with E-state index in [0.717, 1.165) is 0 Å². The molecule has 1 aromatic heterocycles. The number of ketones is 1. The molecule has 98 valence electrons. The number of carbonyl (C=O) groups is 2. The van der Waals surface area contributed by atoms with Crippen LogP contribution in [0.25, 0.3) is 0 Å². The molecule has 0 saturated heterocycles.